The van der Waals surface area contributed by atoms with Gasteiger partial charge >= 0.3 is 0 Å². The molecule has 3 aromatic rings. The van der Waals surface area contributed by atoms with Crippen LogP contribution in [0.2, 0.25) is 0 Å². The number of carbonyl (C=O) groups is 1. The predicted octanol–water partition coefficient (Wildman–Crippen LogP) is 4.86. The van der Waals surface area contributed by atoms with Gasteiger partial charge in [-0.2, -0.15) is 0 Å². The number of aryl methyl sites for hydroxylation is 2. The summed E-state index contributed by atoms with van der Waals surface area (Å²) in [6.07, 6.45) is -0.578. The third-order valence-electron chi connectivity index (χ3n) is 4.05. The van der Waals surface area contributed by atoms with Gasteiger partial charge in [-0.3, -0.25) is 4.79 Å². The first-order chi connectivity index (χ1) is 11.5. The molecule has 1 amide bonds. The average molecular weight is 319 g/mol. The van der Waals surface area contributed by atoms with Gasteiger partial charge in [-0.1, -0.05) is 42.5 Å². The predicted molar refractivity (Wildman–Crippen MR) is 98.6 cm³/mol. The molecule has 122 valence electrons. The highest BCUT2D eigenvalue weighted by molar-refractivity contribution is 5.95. The van der Waals surface area contributed by atoms with Crippen molar-refractivity contribution in [3.05, 3.63) is 71.8 Å². The number of ether oxygens (including phenoxy) is 1. The Morgan fingerprint density at radius 2 is 1.71 bits per heavy atom. The van der Waals surface area contributed by atoms with Crippen LogP contribution in [0, 0.1) is 13.8 Å². The van der Waals surface area contributed by atoms with Gasteiger partial charge in [0.15, 0.2) is 6.10 Å². The molecule has 1 N–H and O–H groups in total. The summed E-state index contributed by atoms with van der Waals surface area (Å²) < 4.78 is 5.81. The van der Waals surface area contributed by atoms with Crippen LogP contribution in [-0.4, -0.2) is 12.0 Å². The molecule has 0 bridgehead atoms. The van der Waals surface area contributed by atoms with Gasteiger partial charge in [-0.15, -0.1) is 0 Å². The van der Waals surface area contributed by atoms with Crippen LogP contribution in [0.3, 0.4) is 0 Å². The molecule has 0 radical (unpaired) electrons. The van der Waals surface area contributed by atoms with Gasteiger partial charge in [0.1, 0.15) is 5.75 Å². The Morgan fingerprint density at radius 3 is 2.50 bits per heavy atom. The molecular formula is C21H21NO2. The summed E-state index contributed by atoms with van der Waals surface area (Å²) in [4.78, 5) is 12.4. The molecule has 24 heavy (non-hydrogen) atoms. The fraction of sp³-hybridized carbons (Fsp3) is 0.190. The quantitative estimate of drug-likeness (QED) is 0.745. The maximum absolute atomic E-state index is 12.4. The lowest BCUT2D eigenvalue weighted by Gasteiger charge is -2.16. The van der Waals surface area contributed by atoms with Crippen molar-refractivity contribution < 1.29 is 9.53 Å². The Kier molecular flexibility index (Phi) is 4.52. The largest absolute Gasteiger partial charge is 0.481 e. The number of carbonyl (C=O) groups excluding carboxylic acids is 1. The molecule has 0 unspecified atom stereocenters. The first-order valence-electron chi connectivity index (χ1n) is 8.06. The van der Waals surface area contributed by atoms with E-state index in [-0.39, 0.29) is 5.91 Å². The third-order valence-corrected chi connectivity index (χ3v) is 4.05. The summed E-state index contributed by atoms with van der Waals surface area (Å²) in [5, 5.41) is 5.19. The topological polar surface area (TPSA) is 38.3 Å². The number of anilines is 1. The van der Waals surface area contributed by atoms with E-state index in [0.717, 1.165) is 27.6 Å². The van der Waals surface area contributed by atoms with Crippen LogP contribution in [0.5, 0.6) is 5.75 Å². The van der Waals surface area contributed by atoms with E-state index in [4.69, 9.17) is 4.74 Å². The minimum atomic E-state index is -0.578. The number of hydrogen-bond acceptors (Lipinski definition) is 2. The van der Waals surface area contributed by atoms with E-state index in [1.165, 1.54) is 0 Å². The van der Waals surface area contributed by atoms with Gasteiger partial charge in [0, 0.05) is 5.69 Å². The van der Waals surface area contributed by atoms with E-state index in [2.05, 4.69) is 11.4 Å². The molecular weight excluding hydrogens is 298 g/mol. The average Bonchev–Trinajstić information content (AvgIpc) is 2.58. The van der Waals surface area contributed by atoms with Crippen molar-refractivity contribution in [1.29, 1.82) is 0 Å². The smallest absolute Gasteiger partial charge is 0.265 e. The SMILES string of the molecule is Cc1ccc(C)c(NC(=O)[C@@H](C)Oc2ccc3ccccc3c2)c1. The lowest BCUT2D eigenvalue weighted by molar-refractivity contribution is -0.122. The summed E-state index contributed by atoms with van der Waals surface area (Å²) in [6, 6.07) is 19.9. The van der Waals surface area contributed by atoms with Crippen molar-refractivity contribution in [3.8, 4) is 5.75 Å². The lowest BCUT2D eigenvalue weighted by atomic mass is 10.1. The van der Waals surface area contributed by atoms with Crippen LogP contribution in [0.25, 0.3) is 10.8 Å². The van der Waals surface area contributed by atoms with E-state index in [1.54, 1.807) is 6.92 Å². The molecule has 0 spiro atoms. The number of rotatable bonds is 4. The molecule has 0 saturated carbocycles. The Bertz CT molecular complexity index is 886. The first-order valence-corrected chi connectivity index (χ1v) is 8.06. The van der Waals surface area contributed by atoms with Crippen LogP contribution in [0.4, 0.5) is 5.69 Å². The second-order valence-corrected chi connectivity index (χ2v) is 6.08. The fourth-order valence-corrected chi connectivity index (χ4v) is 2.60. The fourth-order valence-electron chi connectivity index (χ4n) is 2.60. The van der Waals surface area contributed by atoms with Crippen molar-refractivity contribution >= 4 is 22.4 Å². The zero-order valence-corrected chi connectivity index (χ0v) is 14.2. The molecule has 0 aliphatic heterocycles. The summed E-state index contributed by atoms with van der Waals surface area (Å²) in [5.41, 5.74) is 2.97. The maximum Gasteiger partial charge on any atom is 0.265 e. The molecule has 3 heteroatoms. The van der Waals surface area contributed by atoms with Crippen molar-refractivity contribution in [2.45, 2.75) is 26.9 Å². The van der Waals surface area contributed by atoms with Gasteiger partial charge in [-0.05, 0) is 60.9 Å². The van der Waals surface area contributed by atoms with Crippen molar-refractivity contribution in [2.24, 2.45) is 0 Å². The molecule has 3 nitrogen and oxygen atoms in total. The number of benzene rings is 3. The number of amides is 1. The van der Waals surface area contributed by atoms with Gasteiger partial charge in [0.2, 0.25) is 0 Å². The normalized spacial score (nSPS) is 12.0. The highest BCUT2D eigenvalue weighted by atomic mass is 16.5. The van der Waals surface area contributed by atoms with Crippen LogP contribution >= 0.6 is 0 Å². The van der Waals surface area contributed by atoms with Gasteiger partial charge in [0.25, 0.3) is 5.91 Å². The van der Waals surface area contributed by atoms with Crippen LogP contribution in [0.1, 0.15) is 18.1 Å². The first kappa shape index (κ1) is 16.1. The van der Waals surface area contributed by atoms with Crippen molar-refractivity contribution in [3.63, 3.8) is 0 Å². The van der Waals surface area contributed by atoms with Crippen molar-refractivity contribution in [2.75, 3.05) is 5.32 Å². The second-order valence-electron chi connectivity index (χ2n) is 6.08. The number of fused-ring (bicyclic) bond motifs is 1. The highest BCUT2D eigenvalue weighted by Gasteiger charge is 2.16. The molecule has 0 aromatic heterocycles. The molecule has 0 heterocycles. The summed E-state index contributed by atoms with van der Waals surface area (Å²) in [6.45, 7) is 5.74. The third kappa shape index (κ3) is 3.57. The monoisotopic (exact) mass is 319 g/mol. The van der Waals surface area contributed by atoms with Crippen LogP contribution < -0.4 is 10.1 Å². The van der Waals surface area contributed by atoms with Gasteiger partial charge in [-0.25, -0.2) is 0 Å². The Morgan fingerprint density at radius 1 is 0.958 bits per heavy atom. The Hall–Kier alpha value is -2.81. The minimum Gasteiger partial charge on any atom is -0.481 e. The van der Waals surface area contributed by atoms with E-state index in [9.17, 15) is 4.79 Å². The molecule has 0 aliphatic carbocycles. The van der Waals surface area contributed by atoms with E-state index in [1.807, 2.05) is 68.4 Å². The van der Waals surface area contributed by atoms with Crippen LogP contribution in [0.15, 0.2) is 60.7 Å². The lowest BCUT2D eigenvalue weighted by Crippen LogP contribution is -2.30. The zero-order valence-electron chi connectivity index (χ0n) is 14.2. The molecule has 1 atom stereocenters. The zero-order chi connectivity index (χ0) is 17.1. The second kappa shape index (κ2) is 6.75. The molecule has 0 aliphatic rings. The Labute approximate surface area is 142 Å². The molecule has 0 fully saturated rings. The summed E-state index contributed by atoms with van der Waals surface area (Å²) in [7, 11) is 0. The van der Waals surface area contributed by atoms with Crippen molar-refractivity contribution in [1.82, 2.24) is 0 Å². The van der Waals surface area contributed by atoms with Gasteiger partial charge in [0.05, 0.1) is 0 Å². The molecule has 3 aromatic carbocycles. The van der Waals surface area contributed by atoms with E-state index in [0.29, 0.717) is 5.75 Å². The summed E-state index contributed by atoms with van der Waals surface area (Å²) in [5.74, 6) is 0.536. The maximum atomic E-state index is 12.4. The van der Waals surface area contributed by atoms with Gasteiger partial charge < -0.3 is 10.1 Å². The Balaban J connectivity index is 1.72. The molecule has 3 rings (SSSR count). The van der Waals surface area contributed by atoms with Crippen LogP contribution in [-0.2, 0) is 4.79 Å². The number of nitrogens with one attached hydrogen (secondary N) is 1. The molecule has 0 saturated heterocycles. The minimum absolute atomic E-state index is 0.156. The van der Waals surface area contributed by atoms with E-state index >= 15 is 0 Å². The number of hydrogen-bond donors (Lipinski definition) is 1. The van der Waals surface area contributed by atoms with E-state index < -0.39 is 6.10 Å². The highest BCUT2D eigenvalue weighted by Crippen LogP contribution is 2.22. The summed E-state index contributed by atoms with van der Waals surface area (Å²) >= 11 is 0. The standard InChI is InChI=1S/C21H21NO2/c1-14-8-9-15(2)20(12-14)22-21(23)16(3)24-19-11-10-17-6-4-5-7-18(17)13-19/h4-13,16H,1-3H3,(H,22,23)/t16-/m1/s1.